The van der Waals surface area contributed by atoms with Crippen molar-refractivity contribution in [3.8, 4) is 22.5 Å². The molecule has 37 heavy (non-hydrogen) atoms. The molecule has 1 saturated heterocycles. The van der Waals surface area contributed by atoms with Crippen molar-refractivity contribution < 1.29 is 19.1 Å². The highest BCUT2D eigenvalue weighted by Gasteiger charge is 2.26. The topological polar surface area (TPSA) is 106 Å². The standard InChI is InChI=1S/C27H27FN6O3/c1-17-6-4-3-5-11-33(17)27(37)23-13-24(19-15-29-32(2)16-19)34-25(30-23)14-22(31-34)20-9-7-18(12-21(20)28)8-10-26(35)36/h7-10,12-17H,3-6,11H2,1-2H3,(H,35,36)/b10-8+/t17-/m1/s1. The summed E-state index contributed by atoms with van der Waals surface area (Å²) in [5.74, 6) is -1.79. The van der Waals surface area contributed by atoms with E-state index in [-0.39, 0.29) is 17.5 Å². The van der Waals surface area contributed by atoms with E-state index in [1.165, 1.54) is 12.1 Å². The average Bonchev–Trinajstić information content (AvgIpc) is 3.43. The summed E-state index contributed by atoms with van der Waals surface area (Å²) in [7, 11) is 1.80. The highest BCUT2D eigenvalue weighted by Crippen LogP contribution is 2.28. The number of hydrogen-bond donors (Lipinski definition) is 1. The molecule has 0 spiro atoms. The molecule has 4 heterocycles. The molecule has 0 aliphatic carbocycles. The van der Waals surface area contributed by atoms with E-state index < -0.39 is 11.8 Å². The quantitative estimate of drug-likeness (QED) is 0.405. The number of fused-ring (bicyclic) bond motifs is 1. The molecule has 1 fully saturated rings. The minimum Gasteiger partial charge on any atom is -0.478 e. The van der Waals surface area contributed by atoms with Crippen molar-refractivity contribution in [2.24, 2.45) is 7.05 Å². The van der Waals surface area contributed by atoms with Crippen LogP contribution in [0.15, 0.2) is 48.8 Å². The molecule has 1 atom stereocenters. The van der Waals surface area contributed by atoms with E-state index in [1.807, 2.05) is 11.1 Å². The van der Waals surface area contributed by atoms with Crippen LogP contribution in [0.1, 0.15) is 48.7 Å². The van der Waals surface area contributed by atoms with Gasteiger partial charge >= 0.3 is 5.97 Å². The summed E-state index contributed by atoms with van der Waals surface area (Å²) < 4.78 is 18.3. The van der Waals surface area contributed by atoms with Gasteiger partial charge in [-0.15, -0.1) is 0 Å². The normalized spacial score (nSPS) is 16.4. The van der Waals surface area contributed by atoms with Crippen molar-refractivity contribution in [2.45, 2.75) is 38.6 Å². The molecular weight excluding hydrogens is 475 g/mol. The number of halogens is 1. The Kier molecular flexibility index (Phi) is 6.56. The Morgan fingerprint density at radius 2 is 2.00 bits per heavy atom. The first-order chi connectivity index (χ1) is 17.8. The molecule has 1 aromatic carbocycles. The fourth-order valence-electron chi connectivity index (χ4n) is 4.71. The maximum atomic E-state index is 15.0. The molecule has 10 heteroatoms. The summed E-state index contributed by atoms with van der Waals surface area (Å²) in [6, 6.07) is 7.91. The van der Waals surface area contributed by atoms with Crippen LogP contribution in [0.25, 0.3) is 34.2 Å². The molecule has 4 aromatic rings. The lowest BCUT2D eigenvalue weighted by Crippen LogP contribution is -2.38. The highest BCUT2D eigenvalue weighted by atomic mass is 19.1. The van der Waals surface area contributed by atoms with Crippen LogP contribution in [-0.4, -0.2) is 58.8 Å². The molecule has 0 saturated carbocycles. The van der Waals surface area contributed by atoms with Gasteiger partial charge in [-0.05, 0) is 49.6 Å². The van der Waals surface area contributed by atoms with Gasteiger partial charge in [0, 0.05) is 49.1 Å². The third-order valence-electron chi connectivity index (χ3n) is 6.65. The first kappa shape index (κ1) is 24.4. The van der Waals surface area contributed by atoms with Crippen molar-refractivity contribution in [1.82, 2.24) is 29.3 Å². The van der Waals surface area contributed by atoms with Gasteiger partial charge in [0.25, 0.3) is 5.91 Å². The number of benzene rings is 1. The largest absolute Gasteiger partial charge is 0.478 e. The lowest BCUT2D eigenvalue weighted by molar-refractivity contribution is -0.131. The Hall–Kier alpha value is -4.34. The van der Waals surface area contributed by atoms with E-state index >= 15 is 4.39 Å². The van der Waals surface area contributed by atoms with Gasteiger partial charge in [-0.1, -0.05) is 18.9 Å². The minimum atomic E-state index is -1.11. The van der Waals surface area contributed by atoms with Gasteiger partial charge in [-0.25, -0.2) is 18.7 Å². The average molecular weight is 503 g/mol. The first-order valence-electron chi connectivity index (χ1n) is 12.2. The van der Waals surface area contributed by atoms with Gasteiger partial charge in [0.05, 0.1) is 17.6 Å². The zero-order valence-corrected chi connectivity index (χ0v) is 20.6. The van der Waals surface area contributed by atoms with Crippen LogP contribution in [0.5, 0.6) is 0 Å². The van der Waals surface area contributed by atoms with Crippen LogP contribution < -0.4 is 0 Å². The van der Waals surface area contributed by atoms with E-state index in [4.69, 9.17) is 5.11 Å². The number of aryl methyl sites for hydroxylation is 1. The van der Waals surface area contributed by atoms with E-state index in [2.05, 4.69) is 22.1 Å². The number of nitrogens with zero attached hydrogens (tertiary/aromatic N) is 6. The van der Waals surface area contributed by atoms with Crippen molar-refractivity contribution in [2.75, 3.05) is 6.54 Å². The second kappa shape index (κ2) is 9.96. The molecule has 1 aliphatic heterocycles. The number of carboxylic acid groups (broad SMARTS) is 1. The first-order valence-corrected chi connectivity index (χ1v) is 12.2. The van der Waals surface area contributed by atoms with Crippen molar-refractivity contribution in [1.29, 1.82) is 0 Å². The fourth-order valence-corrected chi connectivity index (χ4v) is 4.71. The Labute approximate surface area is 212 Å². The smallest absolute Gasteiger partial charge is 0.328 e. The Balaban J connectivity index is 1.60. The summed E-state index contributed by atoms with van der Waals surface area (Å²) in [6.07, 6.45) is 9.89. The molecule has 5 rings (SSSR count). The van der Waals surface area contributed by atoms with Crippen molar-refractivity contribution in [3.05, 3.63) is 65.9 Å². The van der Waals surface area contributed by atoms with Crippen LogP contribution in [0, 0.1) is 5.82 Å². The molecule has 9 nitrogen and oxygen atoms in total. The number of hydrogen-bond acceptors (Lipinski definition) is 5. The second-order valence-electron chi connectivity index (χ2n) is 9.34. The number of carboxylic acids is 1. The van der Waals surface area contributed by atoms with Crippen LogP contribution in [0.3, 0.4) is 0 Å². The maximum Gasteiger partial charge on any atom is 0.328 e. The van der Waals surface area contributed by atoms with Crippen LogP contribution in [0.4, 0.5) is 4.39 Å². The SMILES string of the molecule is C[C@@H]1CCCCCN1C(=O)c1cc(-c2cnn(C)c2)n2nc(-c3ccc(/C=C/C(=O)O)cc3F)cc2n1. The van der Waals surface area contributed by atoms with E-state index in [0.717, 1.165) is 37.3 Å². The predicted octanol–water partition coefficient (Wildman–Crippen LogP) is 4.44. The Morgan fingerprint density at radius 3 is 2.73 bits per heavy atom. The van der Waals surface area contributed by atoms with Gasteiger partial charge in [0.2, 0.25) is 0 Å². The molecule has 0 unspecified atom stereocenters. The van der Waals surface area contributed by atoms with Gasteiger partial charge in [0.15, 0.2) is 5.65 Å². The summed E-state index contributed by atoms with van der Waals surface area (Å²) in [4.78, 5) is 30.9. The molecule has 0 radical (unpaired) electrons. The van der Waals surface area contributed by atoms with E-state index in [1.54, 1.807) is 46.7 Å². The third kappa shape index (κ3) is 5.00. The van der Waals surface area contributed by atoms with Gasteiger partial charge < -0.3 is 10.0 Å². The van der Waals surface area contributed by atoms with Crippen LogP contribution in [0.2, 0.25) is 0 Å². The maximum absolute atomic E-state index is 15.0. The zero-order chi connectivity index (χ0) is 26.1. The number of aliphatic carboxylic acids is 1. The summed E-state index contributed by atoms with van der Waals surface area (Å²) in [5.41, 5.74) is 3.09. The van der Waals surface area contributed by atoms with Crippen LogP contribution >= 0.6 is 0 Å². The van der Waals surface area contributed by atoms with Gasteiger partial charge in [0.1, 0.15) is 11.5 Å². The zero-order valence-electron chi connectivity index (χ0n) is 20.6. The number of carbonyl (C=O) groups excluding carboxylic acids is 1. The summed E-state index contributed by atoms with van der Waals surface area (Å²) >= 11 is 0. The molecule has 0 bridgehead atoms. The fraction of sp³-hybridized carbons (Fsp3) is 0.296. The van der Waals surface area contributed by atoms with Crippen LogP contribution in [-0.2, 0) is 11.8 Å². The highest BCUT2D eigenvalue weighted by molar-refractivity contribution is 5.94. The van der Waals surface area contributed by atoms with Crippen molar-refractivity contribution >= 4 is 23.6 Å². The summed E-state index contributed by atoms with van der Waals surface area (Å²) in [5, 5.41) is 17.7. The number of amides is 1. The summed E-state index contributed by atoms with van der Waals surface area (Å²) in [6.45, 7) is 2.76. The Bertz CT molecular complexity index is 1520. The lowest BCUT2D eigenvalue weighted by Gasteiger charge is -2.27. The number of likely N-dealkylation sites (tertiary alicyclic amines) is 1. The molecule has 190 valence electrons. The monoisotopic (exact) mass is 502 g/mol. The van der Waals surface area contributed by atoms with E-state index in [0.29, 0.717) is 34.8 Å². The molecule has 1 aliphatic rings. The number of carbonyl (C=O) groups is 2. The van der Waals surface area contributed by atoms with Gasteiger partial charge in [-0.3, -0.25) is 9.48 Å². The third-order valence-corrected chi connectivity index (χ3v) is 6.65. The van der Waals surface area contributed by atoms with Crippen molar-refractivity contribution in [3.63, 3.8) is 0 Å². The molecule has 1 N–H and O–H groups in total. The van der Waals surface area contributed by atoms with Gasteiger partial charge in [-0.2, -0.15) is 10.2 Å². The van der Waals surface area contributed by atoms with E-state index in [9.17, 15) is 9.59 Å². The molecule has 3 aromatic heterocycles. The molecule has 1 amide bonds. The Morgan fingerprint density at radius 1 is 1.16 bits per heavy atom. The molecular formula is C27H27FN6O3. The minimum absolute atomic E-state index is 0.123. The second-order valence-corrected chi connectivity index (χ2v) is 9.34. The number of aromatic nitrogens is 5. The lowest BCUT2D eigenvalue weighted by atomic mass is 10.1. The number of rotatable bonds is 5. The predicted molar refractivity (Wildman–Crippen MR) is 136 cm³/mol.